The van der Waals surface area contributed by atoms with Gasteiger partial charge in [0.05, 0.1) is 22.3 Å². The SMILES string of the molecule is CCc1ccc(-c2cc(C(F)(F)F)n3nc(C(=O)NC(C)c4cn(C)nc4C)cc3n2)s1. The zero-order valence-electron chi connectivity index (χ0n) is 17.9. The largest absolute Gasteiger partial charge is 0.433 e. The number of aromatic nitrogens is 5. The van der Waals surface area contributed by atoms with Gasteiger partial charge in [0.2, 0.25) is 0 Å². The van der Waals surface area contributed by atoms with E-state index in [1.807, 2.05) is 19.9 Å². The molecule has 4 rings (SSSR count). The first kappa shape index (κ1) is 22.0. The zero-order chi connectivity index (χ0) is 23.2. The van der Waals surface area contributed by atoms with Gasteiger partial charge in [0.1, 0.15) is 0 Å². The van der Waals surface area contributed by atoms with Crippen molar-refractivity contribution in [2.24, 2.45) is 7.05 Å². The van der Waals surface area contributed by atoms with E-state index in [-0.39, 0.29) is 17.0 Å². The first-order chi connectivity index (χ1) is 15.1. The van der Waals surface area contributed by atoms with Gasteiger partial charge >= 0.3 is 6.18 Å². The van der Waals surface area contributed by atoms with Crippen LogP contribution in [-0.4, -0.2) is 30.3 Å². The van der Waals surface area contributed by atoms with Gasteiger partial charge in [-0.05, 0) is 38.5 Å². The van der Waals surface area contributed by atoms with E-state index < -0.39 is 23.8 Å². The Labute approximate surface area is 185 Å². The number of fused-ring (bicyclic) bond motifs is 1. The lowest BCUT2D eigenvalue weighted by Crippen LogP contribution is -2.27. The van der Waals surface area contributed by atoms with Crippen LogP contribution in [0.25, 0.3) is 16.2 Å². The monoisotopic (exact) mass is 462 g/mol. The van der Waals surface area contributed by atoms with Gasteiger partial charge in [-0.1, -0.05) is 6.92 Å². The Balaban J connectivity index is 1.72. The van der Waals surface area contributed by atoms with Crippen LogP contribution in [0, 0.1) is 6.92 Å². The molecule has 1 N–H and O–H groups in total. The topological polar surface area (TPSA) is 77.1 Å². The maximum absolute atomic E-state index is 13.8. The molecule has 168 valence electrons. The Kier molecular flexibility index (Phi) is 5.53. The minimum Gasteiger partial charge on any atom is -0.344 e. The number of halogens is 3. The third-order valence-electron chi connectivity index (χ3n) is 5.08. The number of carbonyl (C=O) groups excluding carboxylic acids is 1. The molecule has 1 amide bonds. The average molecular weight is 463 g/mol. The highest BCUT2D eigenvalue weighted by Gasteiger charge is 2.36. The van der Waals surface area contributed by atoms with Crippen molar-refractivity contribution in [2.45, 2.75) is 39.4 Å². The van der Waals surface area contributed by atoms with Crippen molar-refractivity contribution >= 4 is 22.9 Å². The molecule has 4 heterocycles. The number of alkyl halides is 3. The van der Waals surface area contributed by atoms with E-state index in [1.54, 1.807) is 30.9 Å². The second-order valence-corrected chi connectivity index (χ2v) is 8.65. The highest BCUT2D eigenvalue weighted by atomic mass is 32.1. The molecule has 32 heavy (non-hydrogen) atoms. The fraction of sp³-hybridized carbons (Fsp3) is 0.333. The Morgan fingerprint density at radius 1 is 1.25 bits per heavy atom. The number of rotatable bonds is 5. The minimum atomic E-state index is -4.67. The smallest absolute Gasteiger partial charge is 0.344 e. The van der Waals surface area contributed by atoms with E-state index in [4.69, 9.17) is 0 Å². The number of hydrogen-bond acceptors (Lipinski definition) is 5. The van der Waals surface area contributed by atoms with E-state index in [1.165, 1.54) is 17.4 Å². The van der Waals surface area contributed by atoms with Crippen LogP contribution in [0.4, 0.5) is 13.2 Å². The summed E-state index contributed by atoms with van der Waals surface area (Å²) < 4.78 is 43.6. The number of hydrogen-bond donors (Lipinski definition) is 1. The third kappa shape index (κ3) is 4.12. The normalized spacial score (nSPS) is 13.0. The van der Waals surface area contributed by atoms with E-state index in [2.05, 4.69) is 20.5 Å². The van der Waals surface area contributed by atoms with Gasteiger partial charge in [-0.15, -0.1) is 11.3 Å². The molecule has 0 aliphatic heterocycles. The highest BCUT2D eigenvalue weighted by molar-refractivity contribution is 7.15. The van der Waals surface area contributed by atoms with Gasteiger partial charge in [0, 0.05) is 29.8 Å². The molecule has 1 atom stereocenters. The molecule has 1 unspecified atom stereocenters. The first-order valence-electron chi connectivity index (χ1n) is 9.95. The Morgan fingerprint density at radius 2 is 2.00 bits per heavy atom. The van der Waals surface area contributed by atoms with Gasteiger partial charge in [-0.25, -0.2) is 9.50 Å². The van der Waals surface area contributed by atoms with Crippen LogP contribution in [0.3, 0.4) is 0 Å². The van der Waals surface area contributed by atoms with Crippen molar-refractivity contribution in [3.63, 3.8) is 0 Å². The number of amides is 1. The fourth-order valence-corrected chi connectivity index (χ4v) is 4.42. The van der Waals surface area contributed by atoms with Crippen molar-refractivity contribution in [2.75, 3.05) is 0 Å². The summed E-state index contributed by atoms with van der Waals surface area (Å²) in [4.78, 5) is 18.8. The third-order valence-corrected chi connectivity index (χ3v) is 6.33. The van der Waals surface area contributed by atoms with E-state index in [9.17, 15) is 18.0 Å². The van der Waals surface area contributed by atoms with Crippen molar-refractivity contribution in [3.8, 4) is 10.6 Å². The van der Waals surface area contributed by atoms with Gasteiger partial charge in [-0.2, -0.15) is 23.4 Å². The van der Waals surface area contributed by atoms with Crippen LogP contribution in [0.2, 0.25) is 0 Å². The van der Waals surface area contributed by atoms with E-state index in [0.29, 0.717) is 9.39 Å². The summed E-state index contributed by atoms with van der Waals surface area (Å²) in [7, 11) is 1.77. The summed E-state index contributed by atoms with van der Waals surface area (Å²) in [5, 5.41) is 10.9. The lowest BCUT2D eigenvalue weighted by atomic mass is 10.1. The van der Waals surface area contributed by atoms with Gasteiger partial charge in [0.25, 0.3) is 5.91 Å². The summed E-state index contributed by atoms with van der Waals surface area (Å²) >= 11 is 1.39. The summed E-state index contributed by atoms with van der Waals surface area (Å²) in [5.74, 6) is -0.592. The van der Waals surface area contributed by atoms with E-state index in [0.717, 1.165) is 28.6 Å². The van der Waals surface area contributed by atoms with Gasteiger partial charge in [0.15, 0.2) is 17.0 Å². The Morgan fingerprint density at radius 3 is 2.59 bits per heavy atom. The maximum atomic E-state index is 13.8. The number of nitrogens with one attached hydrogen (secondary N) is 1. The summed E-state index contributed by atoms with van der Waals surface area (Å²) in [6.45, 7) is 5.57. The van der Waals surface area contributed by atoms with Crippen LogP contribution in [0.15, 0.2) is 30.5 Å². The number of nitrogens with zero attached hydrogens (tertiary/aromatic N) is 5. The van der Waals surface area contributed by atoms with E-state index >= 15 is 0 Å². The number of aryl methyl sites for hydroxylation is 3. The predicted molar refractivity (Wildman–Crippen MR) is 115 cm³/mol. The number of carbonyl (C=O) groups is 1. The molecule has 0 radical (unpaired) electrons. The molecule has 0 spiro atoms. The Hall–Kier alpha value is -3.21. The lowest BCUT2D eigenvalue weighted by Gasteiger charge is -2.12. The van der Waals surface area contributed by atoms with Crippen molar-refractivity contribution in [1.82, 2.24) is 29.7 Å². The molecular weight excluding hydrogens is 441 g/mol. The summed E-state index contributed by atoms with van der Waals surface area (Å²) in [6.07, 6.45) is -2.10. The molecule has 7 nitrogen and oxygen atoms in total. The molecule has 0 aliphatic carbocycles. The molecule has 0 fully saturated rings. The minimum absolute atomic E-state index is 0.0448. The van der Waals surface area contributed by atoms with Crippen LogP contribution in [-0.2, 0) is 19.6 Å². The quantitative estimate of drug-likeness (QED) is 0.471. The second kappa shape index (κ2) is 8.05. The molecular formula is C21H21F3N6OS. The van der Waals surface area contributed by atoms with Crippen molar-refractivity contribution < 1.29 is 18.0 Å². The fourth-order valence-electron chi connectivity index (χ4n) is 3.51. The van der Waals surface area contributed by atoms with Crippen LogP contribution in [0.5, 0.6) is 0 Å². The van der Waals surface area contributed by atoms with Gasteiger partial charge < -0.3 is 5.32 Å². The highest BCUT2D eigenvalue weighted by Crippen LogP contribution is 2.34. The molecule has 0 saturated heterocycles. The standard InChI is InChI=1S/C21H21F3N6OS/c1-5-13-6-7-17(32-13)15-8-18(21(22,23)24)30-19(26-15)9-16(28-30)20(31)25-11(2)14-10-29(4)27-12(14)3/h6-11H,5H2,1-4H3,(H,25,31). The van der Waals surface area contributed by atoms with Gasteiger partial charge in [-0.3, -0.25) is 9.48 Å². The van der Waals surface area contributed by atoms with Crippen LogP contribution >= 0.6 is 11.3 Å². The van der Waals surface area contributed by atoms with Crippen molar-refractivity contribution in [1.29, 1.82) is 0 Å². The summed E-state index contributed by atoms with van der Waals surface area (Å²) in [6, 6.07) is 5.46. The number of thiophene rings is 1. The van der Waals surface area contributed by atoms with Crippen LogP contribution < -0.4 is 5.32 Å². The molecule has 4 aromatic rings. The zero-order valence-corrected chi connectivity index (χ0v) is 18.7. The average Bonchev–Trinajstić information content (AvgIpc) is 3.43. The summed E-state index contributed by atoms with van der Waals surface area (Å²) in [5.41, 5.74) is 0.583. The first-order valence-corrected chi connectivity index (χ1v) is 10.8. The molecule has 0 aromatic carbocycles. The molecule has 0 saturated carbocycles. The molecule has 0 aliphatic rings. The molecule has 11 heteroatoms. The lowest BCUT2D eigenvalue weighted by molar-refractivity contribution is -0.142. The predicted octanol–water partition coefficient (Wildman–Crippen LogP) is 4.57. The second-order valence-electron chi connectivity index (χ2n) is 7.48. The molecule has 0 bridgehead atoms. The maximum Gasteiger partial charge on any atom is 0.433 e. The van der Waals surface area contributed by atoms with Crippen LogP contribution in [0.1, 0.15) is 52.2 Å². The van der Waals surface area contributed by atoms with Crippen molar-refractivity contribution in [3.05, 3.63) is 58.0 Å². The molecule has 4 aromatic heterocycles. The Bertz CT molecular complexity index is 1300.